The van der Waals surface area contributed by atoms with Crippen molar-refractivity contribution in [3.8, 4) is 6.07 Å². The van der Waals surface area contributed by atoms with E-state index in [1.807, 2.05) is 19.9 Å². The van der Waals surface area contributed by atoms with E-state index < -0.39 is 18.2 Å². The predicted molar refractivity (Wildman–Crippen MR) is 87.6 cm³/mol. The molecule has 0 unspecified atom stereocenters. The Balaban J connectivity index is 0.000000412. The Hall–Kier alpha value is -2.08. The van der Waals surface area contributed by atoms with Crippen molar-refractivity contribution in [1.29, 1.82) is 5.26 Å². The van der Waals surface area contributed by atoms with Gasteiger partial charge in [0.1, 0.15) is 6.04 Å². The Morgan fingerprint density at radius 2 is 1.88 bits per heavy atom. The fraction of sp³-hybridized carbons (Fsp3) is 0.706. The smallest absolute Gasteiger partial charge is 0.475 e. The second kappa shape index (κ2) is 8.08. The number of carbonyl (C=O) groups is 2. The molecular weight excluding hydrogens is 351 g/mol. The molecule has 0 bridgehead atoms. The molecule has 0 aromatic heterocycles. The van der Waals surface area contributed by atoms with Gasteiger partial charge in [0.2, 0.25) is 5.91 Å². The number of carboxylic acids is 1. The highest BCUT2D eigenvalue weighted by atomic mass is 19.4. The summed E-state index contributed by atoms with van der Waals surface area (Å²) in [6, 6.07) is 1.64. The van der Waals surface area contributed by atoms with Gasteiger partial charge < -0.3 is 15.7 Å². The van der Waals surface area contributed by atoms with Gasteiger partial charge in [-0.2, -0.15) is 18.4 Å². The van der Waals surface area contributed by atoms with Crippen LogP contribution in [-0.4, -0.2) is 46.2 Å². The molecule has 146 valence electrons. The standard InChI is InChI=1S/C15H23N3O.C2HF3O2/c1-4-15(5-2,6-3)13(17)14(19)18-11(9-16)7-10-8-12(10)18;3-2(4,5)1(6)7/h4,10-13H,1,5-8,17H2,2-3H3;(H,6,7)/t10-,11+,12+,13-;/m1./s1. The zero-order valence-electron chi connectivity index (χ0n) is 14.8. The summed E-state index contributed by atoms with van der Waals surface area (Å²) in [6.07, 6.45) is 0.171. The zero-order valence-corrected chi connectivity index (χ0v) is 14.8. The van der Waals surface area contributed by atoms with Crippen LogP contribution < -0.4 is 5.73 Å². The Kier molecular flexibility index (Phi) is 6.82. The maximum atomic E-state index is 12.7. The average molecular weight is 375 g/mol. The lowest BCUT2D eigenvalue weighted by Crippen LogP contribution is -2.54. The first-order chi connectivity index (χ1) is 12.0. The van der Waals surface area contributed by atoms with Crippen molar-refractivity contribution in [2.24, 2.45) is 17.1 Å². The Morgan fingerprint density at radius 3 is 2.23 bits per heavy atom. The number of nitrogens with zero attached hydrogens (tertiary/aromatic N) is 2. The van der Waals surface area contributed by atoms with E-state index >= 15 is 0 Å². The first-order valence-corrected chi connectivity index (χ1v) is 8.40. The highest BCUT2D eigenvalue weighted by molar-refractivity contribution is 5.84. The number of halogens is 3. The number of hydrogen-bond acceptors (Lipinski definition) is 4. The van der Waals surface area contributed by atoms with E-state index in [1.165, 1.54) is 0 Å². The van der Waals surface area contributed by atoms with Gasteiger partial charge in [0.15, 0.2) is 0 Å². The van der Waals surface area contributed by atoms with Crippen molar-refractivity contribution in [2.45, 2.75) is 63.8 Å². The van der Waals surface area contributed by atoms with Crippen molar-refractivity contribution in [1.82, 2.24) is 4.90 Å². The van der Waals surface area contributed by atoms with Crippen molar-refractivity contribution < 1.29 is 27.9 Å². The molecule has 2 rings (SSSR count). The SMILES string of the molecule is C=CC(CC)(CC)[C@H](N)C(=O)N1[C@H](C#N)C[C@@H]2C[C@@H]21.O=C(O)C(F)(F)F. The predicted octanol–water partition coefficient (Wildman–Crippen LogP) is 2.45. The molecule has 1 heterocycles. The summed E-state index contributed by atoms with van der Waals surface area (Å²) < 4.78 is 31.7. The molecule has 9 heteroatoms. The fourth-order valence-electron chi connectivity index (χ4n) is 3.40. The number of carboxylic acid groups (broad SMARTS) is 1. The van der Waals surface area contributed by atoms with E-state index in [0.717, 1.165) is 25.7 Å². The first-order valence-electron chi connectivity index (χ1n) is 8.40. The van der Waals surface area contributed by atoms with Gasteiger partial charge in [0, 0.05) is 11.5 Å². The van der Waals surface area contributed by atoms with E-state index in [-0.39, 0.29) is 23.4 Å². The zero-order chi connectivity index (χ0) is 20.3. The Labute approximate surface area is 150 Å². The van der Waals surface area contributed by atoms with Crippen LogP contribution in [-0.2, 0) is 9.59 Å². The number of amides is 1. The molecule has 0 aromatic rings. The minimum absolute atomic E-state index is 0.0693. The van der Waals surface area contributed by atoms with Crippen LogP contribution in [0.4, 0.5) is 13.2 Å². The van der Waals surface area contributed by atoms with Crippen molar-refractivity contribution >= 4 is 11.9 Å². The number of fused-ring (bicyclic) bond motifs is 1. The van der Waals surface area contributed by atoms with Crippen LogP contribution in [0.5, 0.6) is 0 Å². The maximum absolute atomic E-state index is 12.7. The summed E-state index contributed by atoms with van der Waals surface area (Å²) in [4.78, 5) is 23.3. The van der Waals surface area contributed by atoms with Crippen LogP contribution in [0.1, 0.15) is 39.5 Å². The third-order valence-electron chi connectivity index (χ3n) is 5.36. The number of piperidine rings is 1. The molecule has 6 nitrogen and oxygen atoms in total. The highest BCUT2D eigenvalue weighted by Gasteiger charge is 2.56. The van der Waals surface area contributed by atoms with E-state index in [4.69, 9.17) is 15.6 Å². The van der Waals surface area contributed by atoms with Crippen LogP contribution in [0.15, 0.2) is 12.7 Å². The third-order valence-corrected chi connectivity index (χ3v) is 5.36. The molecule has 1 aliphatic carbocycles. The summed E-state index contributed by atoms with van der Waals surface area (Å²) >= 11 is 0. The van der Waals surface area contributed by atoms with E-state index in [9.17, 15) is 23.2 Å². The maximum Gasteiger partial charge on any atom is 0.490 e. The van der Waals surface area contributed by atoms with Gasteiger partial charge in [-0.1, -0.05) is 19.9 Å². The molecule has 2 fully saturated rings. The lowest BCUT2D eigenvalue weighted by atomic mass is 9.75. The molecule has 1 aliphatic heterocycles. The molecule has 1 saturated carbocycles. The van der Waals surface area contributed by atoms with E-state index in [1.54, 1.807) is 4.90 Å². The summed E-state index contributed by atoms with van der Waals surface area (Å²) in [5, 5.41) is 16.3. The largest absolute Gasteiger partial charge is 0.490 e. The minimum atomic E-state index is -5.08. The van der Waals surface area contributed by atoms with Gasteiger partial charge >= 0.3 is 12.1 Å². The molecule has 26 heavy (non-hydrogen) atoms. The number of nitrogens with two attached hydrogens (primary N) is 1. The van der Waals surface area contributed by atoms with Crippen LogP contribution in [0, 0.1) is 22.7 Å². The number of likely N-dealkylation sites (tertiary alicyclic amines) is 1. The summed E-state index contributed by atoms with van der Waals surface area (Å²) in [5.74, 6) is -2.30. The first kappa shape index (κ1) is 22.0. The molecule has 0 radical (unpaired) electrons. The molecule has 1 amide bonds. The second-order valence-electron chi connectivity index (χ2n) is 6.61. The molecule has 1 saturated heterocycles. The summed E-state index contributed by atoms with van der Waals surface area (Å²) in [5.41, 5.74) is 5.88. The highest BCUT2D eigenvalue weighted by Crippen LogP contribution is 2.48. The lowest BCUT2D eigenvalue weighted by Gasteiger charge is -2.37. The van der Waals surface area contributed by atoms with Crippen LogP contribution >= 0.6 is 0 Å². The molecule has 0 aromatic carbocycles. The molecule has 2 aliphatic rings. The second-order valence-corrected chi connectivity index (χ2v) is 6.61. The summed E-state index contributed by atoms with van der Waals surface area (Å²) in [6.45, 7) is 7.92. The number of aliphatic carboxylic acids is 1. The fourth-order valence-corrected chi connectivity index (χ4v) is 3.40. The van der Waals surface area contributed by atoms with Gasteiger partial charge in [-0.05, 0) is 31.6 Å². The van der Waals surface area contributed by atoms with Crippen LogP contribution in [0.2, 0.25) is 0 Å². The van der Waals surface area contributed by atoms with Crippen molar-refractivity contribution in [3.63, 3.8) is 0 Å². The number of alkyl halides is 3. The number of rotatable bonds is 5. The van der Waals surface area contributed by atoms with Crippen LogP contribution in [0.25, 0.3) is 0 Å². The van der Waals surface area contributed by atoms with Gasteiger partial charge in [0.25, 0.3) is 0 Å². The number of carbonyl (C=O) groups excluding carboxylic acids is 1. The van der Waals surface area contributed by atoms with E-state index in [0.29, 0.717) is 5.92 Å². The monoisotopic (exact) mass is 375 g/mol. The Bertz CT molecular complexity index is 596. The van der Waals surface area contributed by atoms with Crippen molar-refractivity contribution in [2.75, 3.05) is 0 Å². The molecule has 4 atom stereocenters. The van der Waals surface area contributed by atoms with Gasteiger partial charge in [-0.3, -0.25) is 4.79 Å². The lowest BCUT2D eigenvalue weighted by molar-refractivity contribution is -0.192. The Morgan fingerprint density at radius 1 is 1.38 bits per heavy atom. The number of nitriles is 1. The van der Waals surface area contributed by atoms with Gasteiger partial charge in [-0.25, -0.2) is 4.79 Å². The van der Waals surface area contributed by atoms with Gasteiger partial charge in [0.05, 0.1) is 12.1 Å². The number of hydrogen-bond donors (Lipinski definition) is 2. The average Bonchev–Trinajstić information content (AvgIpc) is 3.26. The van der Waals surface area contributed by atoms with Crippen LogP contribution in [0.3, 0.4) is 0 Å². The van der Waals surface area contributed by atoms with Crippen molar-refractivity contribution in [3.05, 3.63) is 12.7 Å². The topological polar surface area (TPSA) is 107 Å². The normalized spacial score (nSPS) is 25.3. The minimum Gasteiger partial charge on any atom is -0.475 e. The van der Waals surface area contributed by atoms with Gasteiger partial charge in [-0.15, -0.1) is 6.58 Å². The quantitative estimate of drug-likeness (QED) is 0.718. The third kappa shape index (κ3) is 4.36. The summed E-state index contributed by atoms with van der Waals surface area (Å²) in [7, 11) is 0. The van der Waals surface area contributed by atoms with E-state index in [2.05, 4.69) is 12.6 Å². The molecular formula is C17H24F3N3O3. The molecule has 3 N–H and O–H groups in total. The molecule has 0 spiro atoms.